The largest absolute Gasteiger partial charge is 0.339 e. The monoisotopic (exact) mass is 537 g/mol. The Kier molecular flexibility index (Phi) is 4.73. The first-order valence-electron chi connectivity index (χ1n) is 14.1. The molecule has 2 aromatic heterocycles. The van der Waals surface area contributed by atoms with E-state index in [2.05, 4.69) is 84.9 Å². The van der Waals surface area contributed by atoms with Crippen LogP contribution in [0.2, 0.25) is 0 Å². The van der Waals surface area contributed by atoms with E-state index in [0.717, 1.165) is 38.8 Å². The van der Waals surface area contributed by atoms with Crippen molar-refractivity contribution in [3.8, 4) is 16.8 Å². The van der Waals surface area contributed by atoms with Crippen LogP contribution in [0.1, 0.15) is 0 Å². The highest BCUT2D eigenvalue weighted by Crippen LogP contribution is 2.37. The van der Waals surface area contributed by atoms with Crippen molar-refractivity contribution in [2.24, 2.45) is 0 Å². The van der Waals surface area contributed by atoms with Gasteiger partial charge in [-0.15, -0.1) is 0 Å². The van der Waals surface area contributed by atoms with Crippen LogP contribution in [0.15, 0.2) is 144 Å². The van der Waals surface area contributed by atoms with E-state index >= 15 is 0 Å². The molecule has 0 aliphatic carbocycles. The lowest BCUT2D eigenvalue weighted by molar-refractivity contribution is 0.932. The summed E-state index contributed by atoms with van der Waals surface area (Å²) in [4.78, 5) is 19.1. The smallest absolute Gasteiger partial charge is 0.262 e. The molecule has 0 spiro atoms. The Hall–Kier alpha value is -5.74. The van der Waals surface area contributed by atoms with Crippen LogP contribution in [-0.4, -0.2) is 14.0 Å². The SMILES string of the molecule is O=c1n(-c2ccccc2)c2cc(-c3ccc4c5ccccc5c5ccccc5c4c3)ccc2c2nc3ccccc3n12. The second-order valence-corrected chi connectivity index (χ2v) is 10.8. The molecule has 9 aromatic rings. The normalized spacial score (nSPS) is 11.9. The zero-order chi connectivity index (χ0) is 27.8. The maximum atomic E-state index is 14.2. The van der Waals surface area contributed by atoms with Crippen molar-refractivity contribution in [2.75, 3.05) is 0 Å². The molecule has 0 radical (unpaired) electrons. The van der Waals surface area contributed by atoms with Gasteiger partial charge in [-0.2, -0.15) is 0 Å². The lowest BCUT2D eigenvalue weighted by atomic mass is 9.92. The van der Waals surface area contributed by atoms with E-state index in [1.807, 2.05) is 59.2 Å². The fraction of sp³-hybridized carbons (Fsp3) is 0. The summed E-state index contributed by atoms with van der Waals surface area (Å²) in [6.07, 6.45) is 0. The summed E-state index contributed by atoms with van der Waals surface area (Å²) in [5.74, 6) is 0. The van der Waals surface area contributed by atoms with Gasteiger partial charge in [0.2, 0.25) is 0 Å². The minimum Gasteiger partial charge on any atom is -0.262 e. The third-order valence-electron chi connectivity index (χ3n) is 8.51. The van der Waals surface area contributed by atoms with Gasteiger partial charge >= 0.3 is 5.69 Å². The van der Waals surface area contributed by atoms with Gasteiger partial charge in [0.1, 0.15) is 0 Å². The number of benzene rings is 7. The van der Waals surface area contributed by atoms with Crippen LogP contribution in [0.5, 0.6) is 0 Å². The summed E-state index contributed by atoms with van der Waals surface area (Å²) < 4.78 is 3.54. The third kappa shape index (κ3) is 3.17. The molecule has 9 rings (SSSR count). The molecule has 0 bridgehead atoms. The molecule has 196 valence electrons. The number of hydrogen-bond acceptors (Lipinski definition) is 2. The van der Waals surface area contributed by atoms with Crippen molar-refractivity contribution in [1.29, 1.82) is 0 Å². The highest BCUT2D eigenvalue weighted by Gasteiger charge is 2.17. The maximum Gasteiger partial charge on any atom is 0.339 e. The van der Waals surface area contributed by atoms with Crippen molar-refractivity contribution in [2.45, 2.75) is 0 Å². The zero-order valence-corrected chi connectivity index (χ0v) is 22.5. The van der Waals surface area contributed by atoms with Crippen LogP contribution in [0.4, 0.5) is 0 Å². The summed E-state index contributed by atoms with van der Waals surface area (Å²) in [7, 11) is 0. The van der Waals surface area contributed by atoms with Crippen molar-refractivity contribution in [3.05, 3.63) is 150 Å². The topological polar surface area (TPSA) is 39.3 Å². The molecule has 0 saturated heterocycles. The summed E-state index contributed by atoms with van der Waals surface area (Å²) in [6, 6.07) is 48.0. The van der Waals surface area contributed by atoms with Crippen molar-refractivity contribution >= 4 is 59.9 Å². The maximum absolute atomic E-state index is 14.2. The van der Waals surface area contributed by atoms with E-state index in [-0.39, 0.29) is 5.69 Å². The first-order valence-corrected chi connectivity index (χ1v) is 14.1. The quantitative estimate of drug-likeness (QED) is 0.207. The molecule has 4 heteroatoms. The van der Waals surface area contributed by atoms with Crippen LogP contribution >= 0.6 is 0 Å². The molecule has 4 nitrogen and oxygen atoms in total. The van der Waals surface area contributed by atoms with Crippen molar-refractivity contribution < 1.29 is 0 Å². The summed E-state index contributed by atoms with van der Waals surface area (Å²) in [5.41, 5.74) is 5.95. The van der Waals surface area contributed by atoms with E-state index in [1.165, 1.54) is 32.3 Å². The molecule has 7 aromatic carbocycles. The Morgan fingerprint density at radius 1 is 0.452 bits per heavy atom. The first kappa shape index (κ1) is 23.0. The van der Waals surface area contributed by atoms with Crippen LogP contribution in [0, 0.1) is 0 Å². The van der Waals surface area contributed by atoms with Gasteiger partial charge in [-0.3, -0.25) is 4.57 Å². The molecule has 0 amide bonds. The summed E-state index contributed by atoms with van der Waals surface area (Å²) in [5, 5.41) is 8.39. The second-order valence-electron chi connectivity index (χ2n) is 10.8. The van der Waals surface area contributed by atoms with Crippen LogP contribution in [0.3, 0.4) is 0 Å². The van der Waals surface area contributed by atoms with Gasteiger partial charge in [0.25, 0.3) is 0 Å². The Morgan fingerprint density at radius 3 is 1.71 bits per heavy atom. The number of nitrogens with zero attached hydrogens (tertiary/aromatic N) is 3. The predicted octanol–water partition coefficient (Wildman–Crippen LogP) is 8.92. The first-order chi connectivity index (χ1) is 20.8. The minimum atomic E-state index is -0.134. The molecular formula is C38H23N3O. The number of imidazole rings is 1. The van der Waals surface area contributed by atoms with Gasteiger partial charge in [-0.1, -0.05) is 97.1 Å². The number of hydrogen-bond donors (Lipinski definition) is 0. The lowest BCUT2D eigenvalue weighted by Gasteiger charge is -2.15. The van der Waals surface area contributed by atoms with Crippen LogP contribution in [-0.2, 0) is 0 Å². The van der Waals surface area contributed by atoms with Gasteiger partial charge in [-0.05, 0) is 85.9 Å². The molecule has 0 N–H and O–H groups in total. The molecule has 0 atom stereocenters. The summed E-state index contributed by atoms with van der Waals surface area (Å²) >= 11 is 0. The zero-order valence-electron chi connectivity index (χ0n) is 22.5. The van der Waals surface area contributed by atoms with Gasteiger partial charge < -0.3 is 0 Å². The fourth-order valence-corrected chi connectivity index (χ4v) is 6.60. The Bertz CT molecular complexity index is 2560. The minimum absolute atomic E-state index is 0.134. The van der Waals surface area contributed by atoms with E-state index < -0.39 is 0 Å². The third-order valence-corrected chi connectivity index (χ3v) is 8.51. The van der Waals surface area contributed by atoms with Gasteiger partial charge in [0.15, 0.2) is 5.65 Å². The van der Waals surface area contributed by atoms with E-state index in [9.17, 15) is 4.79 Å². The molecule has 42 heavy (non-hydrogen) atoms. The molecular weight excluding hydrogens is 514 g/mol. The molecule has 2 heterocycles. The standard InChI is InChI=1S/C38H23N3O/c42-38-40(26-10-2-1-3-11-26)36-23-25(19-21-32(36)37-39-34-16-8-9-17-35(34)41(37)38)24-18-20-31-29-14-5-4-12-27(29)28-13-6-7-15-30(28)33(31)22-24/h1-23H. The van der Waals surface area contributed by atoms with Gasteiger partial charge in [-0.25, -0.2) is 14.2 Å². The van der Waals surface area contributed by atoms with Crippen molar-refractivity contribution in [1.82, 2.24) is 14.0 Å². The number of rotatable bonds is 2. The Balaban J connectivity index is 1.37. The van der Waals surface area contributed by atoms with E-state index in [4.69, 9.17) is 4.98 Å². The summed E-state index contributed by atoms with van der Waals surface area (Å²) in [6.45, 7) is 0. The highest BCUT2D eigenvalue weighted by molar-refractivity contribution is 6.25. The predicted molar refractivity (Wildman–Crippen MR) is 174 cm³/mol. The van der Waals surface area contributed by atoms with Gasteiger partial charge in [0, 0.05) is 5.39 Å². The van der Waals surface area contributed by atoms with Crippen molar-refractivity contribution in [3.63, 3.8) is 0 Å². The van der Waals surface area contributed by atoms with Gasteiger partial charge in [0.05, 0.1) is 22.2 Å². The average molecular weight is 538 g/mol. The van der Waals surface area contributed by atoms with E-state index in [0.29, 0.717) is 5.65 Å². The van der Waals surface area contributed by atoms with Crippen LogP contribution in [0.25, 0.3) is 76.7 Å². The second kappa shape index (κ2) is 8.63. The molecule has 0 unspecified atom stereocenters. The molecule has 0 fully saturated rings. The Morgan fingerprint density at radius 2 is 1.00 bits per heavy atom. The molecule has 0 saturated carbocycles. The van der Waals surface area contributed by atoms with Crippen LogP contribution < -0.4 is 5.69 Å². The molecule has 0 aliphatic heterocycles. The number of fused-ring (bicyclic) bond motifs is 11. The molecule has 0 aliphatic rings. The fourth-order valence-electron chi connectivity index (χ4n) is 6.60. The highest BCUT2D eigenvalue weighted by atomic mass is 16.1. The lowest BCUT2D eigenvalue weighted by Crippen LogP contribution is -2.25. The number of aromatic nitrogens is 3. The average Bonchev–Trinajstić information content (AvgIpc) is 3.45. The number of para-hydroxylation sites is 3. The Labute approximate surface area is 240 Å². The van der Waals surface area contributed by atoms with E-state index in [1.54, 1.807) is 4.40 Å².